The third-order valence-corrected chi connectivity index (χ3v) is 3.11. The molecule has 1 heterocycles. The van der Waals surface area contributed by atoms with Crippen LogP contribution in [-0.2, 0) is 4.79 Å². The van der Waals surface area contributed by atoms with Gasteiger partial charge in [0.25, 0.3) is 0 Å². The molecular formula is C13H22N2O3. The molecule has 0 radical (unpaired) electrons. The number of carbonyl (C=O) groups is 2. The quantitative estimate of drug-likeness (QED) is 0.736. The largest absolute Gasteiger partial charge is 0.481 e. The monoisotopic (exact) mass is 254 g/mol. The fourth-order valence-corrected chi connectivity index (χ4v) is 2.07. The molecule has 1 rings (SSSR count). The molecule has 1 aliphatic rings. The average molecular weight is 254 g/mol. The molecule has 5 nitrogen and oxygen atoms in total. The Morgan fingerprint density at radius 2 is 2.28 bits per heavy atom. The number of hydrogen-bond acceptors (Lipinski definition) is 2. The number of rotatable bonds is 5. The Balaban J connectivity index is 2.40. The molecule has 0 aromatic carbocycles. The molecule has 0 saturated carbocycles. The van der Waals surface area contributed by atoms with Crippen molar-refractivity contribution in [2.45, 2.75) is 33.1 Å². The number of hydrogen-bond donors (Lipinski definition) is 2. The van der Waals surface area contributed by atoms with Gasteiger partial charge in [-0.1, -0.05) is 25.0 Å². The van der Waals surface area contributed by atoms with Crippen molar-refractivity contribution in [1.82, 2.24) is 10.2 Å². The molecule has 0 aromatic heterocycles. The van der Waals surface area contributed by atoms with Gasteiger partial charge in [-0.25, -0.2) is 4.79 Å². The third-order valence-electron chi connectivity index (χ3n) is 3.11. The molecule has 0 aromatic rings. The molecule has 1 unspecified atom stereocenters. The number of carbonyl (C=O) groups excluding carboxylic acids is 1. The molecule has 0 bridgehead atoms. The molecule has 2 N–H and O–H groups in total. The fraction of sp³-hybridized carbons (Fsp3) is 0.692. The molecule has 0 aliphatic carbocycles. The van der Waals surface area contributed by atoms with E-state index in [0.717, 1.165) is 12.8 Å². The molecule has 0 fully saturated rings. The highest BCUT2D eigenvalue weighted by Gasteiger charge is 2.20. The number of aliphatic carboxylic acids is 1. The first-order chi connectivity index (χ1) is 8.54. The van der Waals surface area contributed by atoms with Crippen molar-refractivity contribution in [3.05, 3.63) is 11.6 Å². The van der Waals surface area contributed by atoms with E-state index in [1.54, 1.807) is 4.90 Å². The first-order valence-corrected chi connectivity index (χ1v) is 6.45. The van der Waals surface area contributed by atoms with Crippen molar-refractivity contribution in [3.8, 4) is 0 Å². The number of carboxylic acid groups (broad SMARTS) is 1. The van der Waals surface area contributed by atoms with Gasteiger partial charge in [-0.2, -0.15) is 0 Å². The number of urea groups is 1. The summed E-state index contributed by atoms with van der Waals surface area (Å²) in [6.07, 6.45) is 4.39. The van der Waals surface area contributed by atoms with Crippen molar-refractivity contribution in [2.24, 2.45) is 5.92 Å². The highest BCUT2D eigenvalue weighted by molar-refractivity contribution is 5.76. The Morgan fingerprint density at radius 3 is 2.83 bits per heavy atom. The Kier molecular flexibility index (Phi) is 5.68. The van der Waals surface area contributed by atoms with Crippen LogP contribution in [0.5, 0.6) is 0 Å². The molecule has 0 saturated heterocycles. The van der Waals surface area contributed by atoms with Crippen LogP contribution in [0.15, 0.2) is 11.6 Å². The van der Waals surface area contributed by atoms with E-state index in [4.69, 9.17) is 5.11 Å². The summed E-state index contributed by atoms with van der Waals surface area (Å²) in [5.41, 5.74) is 1.18. The summed E-state index contributed by atoms with van der Waals surface area (Å²) in [5, 5.41) is 11.7. The van der Waals surface area contributed by atoms with Crippen LogP contribution in [0.1, 0.15) is 33.1 Å². The lowest BCUT2D eigenvalue weighted by molar-refractivity contribution is -0.141. The lowest BCUT2D eigenvalue weighted by Crippen LogP contribution is -2.44. The second kappa shape index (κ2) is 7.03. The van der Waals surface area contributed by atoms with Gasteiger partial charge in [0.2, 0.25) is 0 Å². The Labute approximate surface area is 108 Å². The van der Waals surface area contributed by atoms with Crippen LogP contribution in [0.3, 0.4) is 0 Å². The number of amides is 2. The van der Waals surface area contributed by atoms with Gasteiger partial charge in [0.1, 0.15) is 0 Å². The van der Waals surface area contributed by atoms with Crippen LogP contribution in [0, 0.1) is 5.92 Å². The van der Waals surface area contributed by atoms with Gasteiger partial charge in [0.15, 0.2) is 0 Å². The highest BCUT2D eigenvalue weighted by atomic mass is 16.4. The van der Waals surface area contributed by atoms with E-state index in [1.807, 2.05) is 13.8 Å². The zero-order valence-corrected chi connectivity index (χ0v) is 11.1. The predicted octanol–water partition coefficient (Wildman–Crippen LogP) is 1.85. The topological polar surface area (TPSA) is 69.6 Å². The van der Waals surface area contributed by atoms with Crippen LogP contribution in [0.4, 0.5) is 4.79 Å². The smallest absolute Gasteiger partial charge is 0.317 e. The zero-order valence-electron chi connectivity index (χ0n) is 11.1. The summed E-state index contributed by atoms with van der Waals surface area (Å²) >= 11 is 0. The maximum Gasteiger partial charge on any atom is 0.317 e. The van der Waals surface area contributed by atoms with E-state index in [9.17, 15) is 9.59 Å². The zero-order chi connectivity index (χ0) is 13.5. The number of carboxylic acids is 1. The van der Waals surface area contributed by atoms with Crippen molar-refractivity contribution in [2.75, 3.05) is 19.6 Å². The standard InChI is InChI=1S/C13H22N2O3/c1-3-5-11(12(16)17)8-14-13(18)15-7-4-6-10(2)9-15/h6,11H,3-5,7-9H2,1-2H3,(H,14,18)(H,16,17). The van der Waals surface area contributed by atoms with E-state index >= 15 is 0 Å². The van der Waals surface area contributed by atoms with Crippen molar-refractivity contribution in [3.63, 3.8) is 0 Å². The molecule has 102 valence electrons. The Hall–Kier alpha value is -1.52. The summed E-state index contributed by atoms with van der Waals surface area (Å²) in [6.45, 7) is 5.49. The van der Waals surface area contributed by atoms with E-state index in [1.165, 1.54) is 5.57 Å². The molecule has 0 spiro atoms. The molecule has 1 atom stereocenters. The van der Waals surface area contributed by atoms with Crippen LogP contribution < -0.4 is 5.32 Å². The van der Waals surface area contributed by atoms with Gasteiger partial charge >= 0.3 is 12.0 Å². The first kappa shape index (κ1) is 14.5. The Morgan fingerprint density at radius 1 is 1.56 bits per heavy atom. The van der Waals surface area contributed by atoms with Gasteiger partial charge < -0.3 is 15.3 Å². The van der Waals surface area contributed by atoms with Crippen LogP contribution in [0.2, 0.25) is 0 Å². The summed E-state index contributed by atoms with van der Waals surface area (Å²) in [7, 11) is 0. The minimum atomic E-state index is -0.841. The van der Waals surface area contributed by atoms with E-state index < -0.39 is 11.9 Å². The maximum atomic E-state index is 11.9. The SMILES string of the molecule is CCCC(CNC(=O)N1CCC=C(C)C1)C(=O)O. The van der Waals surface area contributed by atoms with Crippen molar-refractivity contribution < 1.29 is 14.7 Å². The number of nitrogens with one attached hydrogen (secondary N) is 1. The summed E-state index contributed by atoms with van der Waals surface area (Å²) in [4.78, 5) is 24.5. The highest BCUT2D eigenvalue weighted by Crippen LogP contribution is 2.09. The summed E-state index contributed by atoms with van der Waals surface area (Å²) < 4.78 is 0. The molecule has 18 heavy (non-hydrogen) atoms. The van der Waals surface area contributed by atoms with Crippen molar-refractivity contribution >= 4 is 12.0 Å². The minimum absolute atomic E-state index is 0.162. The summed E-state index contributed by atoms with van der Waals surface area (Å²) in [6, 6.07) is -0.162. The van der Waals surface area contributed by atoms with Gasteiger partial charge in [-0.05, 0) is 19.8 Å². The Bertz CT molecular complexity index is 339. The van der Waals surface area contributed by atoms with Crippen molar-refractivity contribution in [1.29, 1.82) is 0 Å². The normalized spacial score (nSPS) is 17.0. The molecule has 2 amide bonds. The van der Waals surface area contributed by atoms with Crippen LogP contribution in [0.25, 0.3) is 0 Å². The van der Waals surface area contributed by atoms with Crippen LogP contribution >= 0.6 is 0 Å². The fourth-order valence-electron chi connectivity index (χ4n) is 2.07. The van der Waals surface area contributed by atoms with Gasteiger partial charge in [0.05, 0.1) is 5.92 Å². The average Bonchev–Trinajstić information content (AvgIpc) is 2.33. The van der Waals surface area contributed by atoms with E-state index in [0.29, 0.717) is 19.5 Å². The first-order valence-electron chi connectivity index (χ1n) is 6.45. The predicted molar refractivity (Wildman–Crippen MR) is 69.4 cm³/mol. The third kappa shape index (κ3) is 4.39. The second-order valence-corrected chi connectivity index (χ2v) is 4.77. The number of nitrogens with zero attached hydrogens (tertiary/aromatic N) is 1. The molecule has 5 heteroatoms. The van der Waals surface area contributed by atoms with Crippen LogP contribution in [-0.4, -0.2) is 41.6 Å². The molecular weight excluding hydrogens is 232 g/mol. The summed E-state index contributed by atoms with van der Waals surface area (Å²) in [5.74, 6) is -1.33. The van der Waals surface area contributed by atoms with Gasteiger partial charge in [0, 0.05) is 19.6 Å². The lowest BCUT2D eigenvalue weighted by Gasteiger charge is -2.27. The van der Waals surface area contributed by atoms with Gasteiger partial charge in [-0.15, -0.1) is 0 Å². The van der Waals surface area contributed by atoms with E-state index in [2.05, 4.69) is 11.4 Å². The van der Waals surface area contributed by atoms with Gasteiger partial charge in [-0.3, -0.25) is 4.79 Å². The lowest BCUT2D eigenvalue weighted by atomic mass is 10.0. The minimum Gasteiger partial charge on any atom is -0.481 e. The second-order valence-electron chi connectivity index (χ2n) is 4.77. The maximum absolute atomic E-state index is 11.9. The van der Waals surface area contributed by atoms with E-state index in [-0.39, 0.29) is 12.6 Å². The molecule has 1 aliphatic heterocycles.